The minimum Gasteiger partial charge on any atom is -0.397 e. The molecule has 0 saturated carbocycles. The van der Waals surface area contributed by atoms with E-state index < -0.39 is 80.9 Å². The number of nitrogen functional groups attached to an aromatic ring is 2. The molecule has 4 unspecified atom stereocenters. The van der Waals surface area contributed by atoms with E-state index in [1.807, 2.05) is 0 Å². The topological polar surface area (TPSA) is 265 Å². The van der Waals surface area contributed by atoms with Crippen molar-refractivity contribution in [3.8, 4) is 0 Å². The number of hydrogen-bond acceptors (Lipinski definition) is 17. The molecule has 4 saturated heterocycles. The number of nitrogens with zero attached hydrogens (tertiary/aromatic N) is 6. The Labute approximate surface area is 267 Å². The molecule has 4 aliphatic rings. The Kier molecular flexibility index (Phi) is 7.15. The standard InChI is InChI=1S/C22H25N9O11P2S2/c23-8-1-2-25-16-10(8)26-6-30(16)20-14-15-22(40-20,4-36-14)5-38-44(35,46)41-13-12(32)9(3-37-43(34,45)42-15)39-19(13)31-7-27-11-17(31)28-21(24)29-18(11)33/h1-2,6-7,9,12-15,19-20,32H,3-5H2,(H2,23,25)(H,34,45)(H,35,46)(H3,24,28,29,33)/t9-,12+,13?,14?,15-,19-,20-,22-,43?,44?/m1/s1. The van der Waals surface area contributed by atoms with Crippen molar-refractivity contribution in [3.63, 3.8) is 0 Å². The first kappa shape index (κ1) is 30.7. The summed E-state index contributed by atoms with van der Waals surface area (Å²) in [6.07, 6.45) is -4.33. The maximum atomic E-state index is 13.7. The number of ether oxygens (including phenoxy) is 3. The lowest BCUT2D eigenvalue weighted by atomic mass is 10.0. The first-order valence-corrected chi connectivity index (χ1v) is 19.0. The predicted molar refractivity (Wildman–Crippen MR) is 162 cm³/mol. The Hall–Kier alpha value is -2.59. The summed E-state index contributed by atoms with van der Waals surface area (Å²) in [5.74, 6) is -0.211. The molecule has 0 spiro atoms. The first-order chi connectivity index (χ1) is 21.8. The molecule has 4 aromatic rings. The molecule has 4 bridgehead atoms. The van der Waals surface area contributed by atoms with Crippen LogP contribution in [0.15, 0.2) is 29.7 Å². The molecule has 4 fully saturated rings. The molecule has 8 heterocycles. The predicted octanol–water partition coefficient (Wildman–Crippen LogP) is 0.547. The average molecular weight is 718 g/mol. The van der Waals surface area contributed by atoms with Gasteiger partial charge < -0.3 is 30.8 Å². The molecule has 0 aliphatic carbocycles. The average Bonchev–Trinajstić information content (AvgIpc) is 3.80. The van der Waals surface area contributed by atoms with Crippen LogP contribution in [0.3, 0.4) is 0 Å². The van der Waals surface area contributed by atoms with Crippen LogP contribution in [0.4, 0.5) is 11.6 Å². The van der Waals surface area contributed by atoms with Gasteiger partial charge >= 0.3 is 13.6 Å². The number of imidazole rings is 2. The van der Waals surface area contributed by atoms with Gasteiger partial charge in [0.1, 0.15) is 41.6 Å². The van der Waals surface area contributed by atoms with E-state index in [1.54, 1.807) is 10.6 Å². The number of pyridine rings is 1. The fraction of sp³-hybridized carbons (Fsp3) is 0.500. The zero-order valence-electron chi connectivity index (χ0n) is 23.1. The lowest BCUT2D eigenvalue weighted by molar-refractivity contribution is -0.182. The van der Waals surface area contributed by atoms with Crippen molar-refractivity contribution in [3.05, 3.63) is 35.3 Å². The van der Waals surface area contributed by atoms with Crippen molar-refractivity contribution in [1.29, 1.82) is 0 Å². The fourth-order valence-corrected chi connectivity index (χ4v) is 9.03. The van der Waals surface area contributed by atoms with Gasteiger partial charge in [0.15, 0.2) is 29.3 Å². The maximum Gasteiger partial charge on any atom is 0.386 e. The zero-order chi connectivity index (χ0) is 32.2. The number of aromatic amines is 1. The summed E-state index contributed by atoms with van der Waals surface area (Å²) in [7, 11) is 0. The van der Waals surface area contributed by atoms with E-state index in [0.717, 1.165) is 0 Å². The van der Waals surface area contributed by atoms with Crippen molar-refractivity contribution in [2.24, 2.45) is 0 Å². The van der Waals surface area contributed by atoms with Gasteiger partial charge in [0, 0.05) is 6.20 Å². The van der Waals surface area contributed by atoms with Crippen LogP contribution >= 0.6 is 38.1 Å². The van der Waals surface area contributed by atoms with Crippen LogP contribution in [0, 0.1) is 0 Å². The van der Waals surface area contributed by atoms with Gasteiger partial charge in [0.2, 0.25) is 5.95 Å². The van der Waals surface area contributed by atoms with Gasteiger partial charge in [-0.2, -0.15) is 4.98 Å². The summed E-state index contributed by atoms with van der Waals surface area (Å²) in [6.45, 7) is -9.76. The van der Waals surface area contributed by atoms with E-state index >= 15 is 0 Å². The van der Waals surface area contributed by atoms with Crippen LogP contribution in [0.25, 0.3) is 22.3 Å². The molecule has 46 heavy (non-hydrogen) atoms. The molecule has 6 N–H and O–H groups in total. The van der Waals surface area contributed by atoms with E-state index in [0.29, 0.717) is 16.9 Å². The maximum absolute atomic E-state index is 13.7. The minimum atomic E-state index is -4.36. The zero-order valence-corrected chi connectivity index (χ0v) is 26.7. The molecular weight excluding hydrogens is 692 g/mol. The normalized spacial score (nSPS) is 39.7. The quantitative estimate of drug-likeness (QED) is 0.122. The van der Waals surface area contributed by atoms with Gasteiger partial charge in [-0.1, -0.05) is 24.5 Å². The smallest absolute Gasteiger partial charge is 0.386 e. The minimum absolute atomic E-state index is 0.0163. The number of thiol groups is 2. The largest absolute Gasteiger partial charge is 0.397 e. The summed E-state index contributed by atoms with van der Waals surface area (Å²) in [6, 6.07) is 1.60. The van der Waals surface area contributed by atoms with Crippen molar-refractivity contribution < 1.29 is 46.5 Å². The highest BCUT2D eigenvalue weighted by Gasteiger charge is 2.66. The second-order valence-electron chi connectivity index (χ2n) is 11.0. The molecule has 4 aromatic heterocycles. The highest BCUT2D eigenvalue weighted by atomic mass is 32.7. The molecule has 8 rings (SSSR count). The van der Waals surface area contributed by atoms with Gasteiger partial charge in [-0.15, -0.1) is 0 Å². The molecule has 246 valence electrons. The third-order valence-corrected chi connectivity index (χ3v) is 11.3. The van der Waals surface area contributed by atoms with Crippen LogP contribution in [-0.2, 0) is 41.4 Å². The fourth-order valence-electron chi connectivity index (χ4n) is 6.05. The lowest BCUT2D eigenvalue weighted by Crippen LogP contribution is -2.45. The third-order valence-electron chi connectivity index (χ3n) is 8.15. The Balaban J connectivity index is 1.14. The van der Waals surface area contributed by atoms with Gasteiger partial charge in [0.05, 0.1) is 38.2 Å². The lowest BCUT2D eigenvalue weighted by Gasteiger charge is -2.32. The van der Waals surface area contributed by atoms with Gasteiger partial charge in [-0.3, -0.25) is 37.0 Å². The number of rotatable bonds is 2. The number of H-pyrrole nitrogens is 1. The summed E-state index contributed by atoms with van der Waals surface area (Å²) in [4.78, 5) is 31.5. The number of aliphatic hydroxyl groups is 1. The Bertz CT molecular complexity index is 2030. The number of fused-ring (bicyclic) bond motifs is 4. The molecule has 20 nitrogen and oxygen atoms in total. The summed E-state index contributed by atoms with van der Waals surface area (Å²) in [5, 5.41) is 11.2. The van der Waals surface area contributed by atoms with Crippen LogP contribution in [0.2, 0.25) is 0 Å². The van der Waals surface area contributed by atoms with Crippen molar-refractivity contribution in [1.82, 2.24) is 34.1 Å². The summed E-state index contributed by atoms with van der Waals surface area (Å²) < 4.78 is 71.7. The number of nitrogens with one attached hydrogen (secondary N) is 1. The molecule has 0 amide bonds. The molecule has 24 heteroatoms. The number of anilines is 2. The Morgan fingerprint density at radius 2 is 1.72 bits per heavy atom. The number of aliphatic hydroxyl groups excluding tert-OH is 1. The highest BCUT2D eigenvalue weighted by Crippen LogP contribution is 2.63. The van der Waals surface area contributed by atoms with E-state index in [1.165, 1.54) is 23.4 Å². The second-order valence-corrected chi connectivity index (χ2v) is 16.8. The van der Waals surface area contributed by atoms with Gasteiger partial charge in [-0.05, 0) is 6.07 Å². The first-order valence-electron chi connectivity index (χ1n) is 13.6. The second kappa shape index (κ2) is 10.7. The Morgan fingerprint density at radius 3 is 2.52 bits per heavy atom. The van der Waals surface area contributed by atoms with E-state index in [2.05, 4.69) is 49.4 Å². The van der Waals surface area contributed by atoms with E-state index in [4.69, 9.17) is 43.8 Å². The Morgan fingerprint density at radius 1 is 0.978 bits per heavy atom. The SMILES string of the molecule is Nc1nc2c(ncn2[C@@H]2O[C@@H]3COP(=O)(S)O[C@@H]4C5OC[C@]4(COP(=O)(S)OC2[C@H]3O)O[C@H]5n2cnc3c(N)ccnc32)c(=O)[nH]1. The molecule has 10 atom stereocenters. The van der Waals surface area contributed by atoms with Crippen molar-refractivity contribution in [2.75, 3.05) is 31.3 Å². The van der Waals surface area contributed by atoms with Crippen LogP contribution in [0.5, 0.6) is 0 Å². The number of nitrogens with two attached hydrogens (primary N) is 2. The number of hydrogen-bond donors (Lipinski definition) is 6. The third kappa shape index (κ3) is 4.91. The number of aromatic nitrogens is 7. The van der Waals surface area contributed by atoms with E-state index in [-0.39, 0.29) is 23.7 Å². The molecule has 0 radical (unpaired) electrons. The summed E-state index contributed by atoms with van der Waals surface area (Å²) in [5.41, 5.74) is 10.7. The van der Waals surface area contributed by atoms with Crippen molar-refractivity contribution >= 4 is 72.1 Å². The van der Waals surface area contributed by atoms with Crippen molar-refractivity contribution in [2.45, 2.75) is 48.6 Å². The van der Waals surface area contributed by atoms with Crippen LogP contribution in [-0.4, -0.2) is 95.1 Å². The molecule has 4 aliphatic heterocycles. The molecular formula is C22H25N9O11P2S2. The van der Waals surface area contributed by atoms with Crippen LogP contribution in [0.1, 0.15) is 12.5 Å². The summed E-state index contributed by atoms with van der Waals surface area (Å²) >= 11 is 8.35. The van der Waals surface area contributed by atoms with Gasteiger partial charge in [0.25, 0.3) is 5.56 Å². The monoisotopic (exact) mass is 717 g/mol. The van der Waals surface area contributed by atoms with E-state index in [9.17, 15) is 19.0 Å². The highest BCUT2D eigenvalue weighted by molar-refractivity contribution is 8.44. The van der Waals surface area contributed by atoms with Gasteiger partial charge in [-0.25, -0.2) is 24.1 Å². The van der Waals surface area contributed by atoms with Crippen LogP contribution < -0.4 is 17.0 Å². The molecule has 0 aromatic carbocycles.